The van der Waals surface area contributed by atoms with E-state index in [-0.39, 0.29) is 0 Å². The third-order valence-corrected chi connectivity index (χ3v) is 14.1. The molecule has 0 N–H and O–H groups in total. The van der Waals surface area contributed by atoms with Crippen molar-refractivity contribution in [1.82, 2.24) is 24.1 Å². The summed E-state index contributed by atoms with van der Waals surface area (Å²) >= 11 is 0. The molecule has 0 radical (unpaired) electrons. The van der Waals surface area contributed by atoms with Crippen LogP contribution in [0.1, 0.15) is 11.1 Å². The number of rotatable bonds is 8. The lowest BCUT2D eigenvalue weighted by atomic mass is 9.97. The minimum Gasteiger partial charge on any atom is -0.309 e. The van der Waals surface area contributed by atoms with Crippen LogP contribution in [-0.4, -0.2) is 24.1 Å². The van der Waals surface area contributed by atoms with Crippen LogP contribution in [0.15, 0.2) is 224 Å². The Bertz CT molecular complexity index is 4450. The molecule has 0 saturated carbocycles. The van der Waals surface area contributed by atoms with Gasteiger partial charge in [0.1, 0.15) is 0 Å². The average Bonchev–Trinajstić information content (AvgIpc) is 4.01. The predicted octanol–water partition coefficient (Wildman–Crippen LogP) is 16.9. The third-order valence-electron chi connectivity index (χ3n) is 14.1. The van der Waals surface area contributed by atoms with Gasteiger partial charge in [-0.3, -0.25) is 0 Å². The molecule has 9 heteroatoms. The van der Waals surface area contributed by atoms with Gasteiger partial charge in [0.05, 0.1) is 58.7 Å². The van der Waals surface area contributed by atoms with Crippen LogP contribution in [0.4, 0.5) is 11.4 Å². The van der Waals surface area contributed by atoms with E-state index in [0.717, 1.165) is 83.2 Å². The Labute approximate surface area is 437 Å². The van der Waals surface area contributed by atoms with E-state index < -0.39 is 0 Å². The maximum atomic E-state index is 10.4. The van der Waals surface area contributed by atoms with Gasteiger partial charge in [-0.15, -0.1) is 0 Å². The van der Waals surface area contributed by atoms with E-state index in [0.29, 0.717) is 51.1 Å². The molecule has 9 nitrogen and oxygen atoms in total. The fourth-order valence-corrected chi connectivity index (χ4v) is 10.6. The van der Waals surface area contributed by atoms with Crippen molar-refractivity contribution in [3.05, 3.63) is 258 Å². The molecule has 0 atom stereocenters. The van der Waals surface area contributed by atoms with E-state index in [2.05, 4.69) is 146 Å². The van der Waals surface area contributed by atoms with Crippen LogP contribution in [0.2, 0.25) is 0 Å². The molecule has 0 bridgehead atoms. The summed E-state index contributed by atoms with van der Waals surface area (Å²) in [5.41, 5.74) is 14.8. The highest BCUT2D eigenvalue weighted by atomic mass is 15.1. The molecule has 13 rings (SSSR count). The lowest BCUT2D eigenvalue weighted by Gasteiger charge is -2.18. The van der Waals surface area contributed by atoms with Gasteiger partial charge in [0, 0.05) is 54.9 Å². The summed E-state index contributed by atoms with van der Waals surface area (Å²) < 4.78 is 4.59. The fraction of sp³-hybridized carbons (Fsp3) is 0. The second-order valence-electron chi connectivity index (χ2n) is 18.4. The van der Waals surface area contributed by atoms with Crippen LogP contribution >= 0.6 is 0 Å². The number of hydrogen-bond acceptors (Lipinski definition) is 5. The number of fused-ring (bicyclic) bond motifs is 6. The monoisotopic (exact) mass is 967 g/mol. The van der Waals surface area contributed by atoms with Crippen molar-refractivity contribution in [2.75, 3.05) is 0 Å². The van der Waals surface area contributed by atoms with E-state index >= 15 is 0 Å². The number of para-hydroxylation sites is 3. The van der Waals surface area contributed by atoms with Crippen molar-refractivity contribution < 1.29 is 0 Å². The van der Waals surface area contributed by atoms with E-state index in [9.17, 15) is 10.5 Å². The smallest absolute Gasteiger partial charge is 0.196 e. The van der Waals surface area contributed by atoms with Gasteiger partial charge in [-0.25, -0.2) is 24.6 Å². The van der Waals surface area contributed by atoms with Crippen molar-refractivity contribution in [2.24, 2.45) is 0 Å². The highest BCUT2D eigenvalue weighted by Gasteiger charge is 2.24. The molecule has 3 heterocycles. The Morgan fingerprint density at radius 1 is 0.355 bits per heavy atom. The predicted molar refractivity (Wildman–Crippen MR) is 303 cm³/mol. The molecule has 13 aromatic rings. The first-order valence-electron chi connectivity index (χ1n) is 24.5. The van der Waals surface area contributed by atoms with E-state index in [4.69, 9.17) is 28.1 Å². The molecule has 0 amide bonds. The van der Waals surface area contributed by atoms with Crippen molar-refractivity contribution in [2.45, 2.75) is 0 Å². The van der Waals surface area contributed by atoms with E-state index in [1.165, 1.54) is 10.8 Å². The standard InChI is InChI=1S/C67H37N9/c1-70-49-29-31-50(48(36-49)41-69)45-26-32-62-55(37-45)56-38-46(51-30-25-42(40-68)35-58(51)71-2)27-33-63(56)76(62)64-34-28-47(52-19-9-12-22-59(52)75-60-23-13-10-20-53(60)54-21-11-14-24-61(54)75)39-57(64)67-73-65(43-15-5-3-6-16-43)72-66(74-67)44-17-7-4-8-18-44/h3-39H. The Balaban J connectivity index is 1.11. The zero-order valence-corrected chi connectivity index (χ0v) is 40.4. The molecule has 10 aromatic carbocycles. The van der Waals surface area contributed by atoms with Crippen molar-refractivity contribution in [1.29, 1.82) is 10.5 Å². The quantitative estimate of drug-likeness (QED) is 0.141. The van der Waals surface area contributed by atoms with Gasteiger partial charge in [0.2, 0.25) is 0 Å². The maximum absolute atomic E-state index is 10.4. The first kappa shape index (κ1) is 44.7. The molecule has 0 saturated heterocycles. The van der Waals surface area contributed by atoms with Gasteiger partial charge in [0.25, 0.3) is 0 Å². The van der Waals surface area contributed by atoms with Crippen LogP contribution in [0.25, 0.3) is 132 Å². The lowest BCUT2D eigenvalue weighted by molar-refractivity contribution is 1.06. The van der Waals surface area contributed by atoms with Gasteiger partial charge in [-0.05, 0) is 101 Å². The summed E-state index contributed by atoms with van der Waals surface area (Å²) in [6, 6.07) is 79.3. The molecule has 3 aromatic heterocycles. The van der Waals surface area contributed by atoms with Gasteiger partial charge < -0.3 is 9.13 Å². The summed E-state index contributed by atoms with van der Waals surface area (Å²) in [4.78, 5) is 23.2. The molecular weight excluding hydrogens is 931 g/mol. The second-order valence-corrected chi connectivity index (χ2v) is 18.4. The molecule has 76 heavy (non-hydrogen) atoms. The Kier molecular flexibility index (Phi) is 10.8. The third kappa shape index (κ3) is 7.49. The molecule has 0 unspecified atom stereocenters. The molecule has 0 aliphatic rings. The molecule has 350 valence electrons. The van der Waals surface area contributed by atoms with Gasteiger partial charge >= 0.3 is 0 Å². The molecule has 0 fully saturated rings. The minimum absolute atomic E-state index is 0.374. The highest BCUT2D eigenvalue weighted by molar-refractivity contribution is 6.13. The summed E-state index contributed by atoms with van der Waals surface area (Å²) in [6.45, 7) is 15.7. The van der Waals surface area contributed by atoms with E-state index in [1.54, 1.807) is 24.3 Å². The fourth-order valence-electron chi connectivity index (χ4n) is 10.6. The van der Waals surface area contributed by atoms with E-state index in [1.807, 2.05) is 84.9 Å². The largest absolute Gasteiger partial charge is 0.309 e. The number of aromatic nitrogens is 5. The zero-order valence-electron chi connectivity index (χ0n) is 40.4. The van der Waals surface area contributed by atoms with Crippen molar-refractivity contribution in [3.8, 4) is 91.1 Å². The Hall–Kier alpha value is -11.2. The zero-order chi connectivity index (χ0) is 51.3. The first-order valence-corrected chi connectivity index (χ1v) is 24.5. The van der Waals surface area contributed by atoms with Gasteiger partial charge in [-0.2, -0.15) is 10.5 Å². The summed E-state index contributed by atoms with van der Waals surface area (Å²) in [5, 5.41) is 24.2. The number of hydrogen-bond donors (Lipinski definition) is 0. The molecule has 0 aliphatic heterocycles. The number of nitrogens with zero attached hydrogens (tertiary/aromatic N) is 9. The Morgan fingerprint density at radius 3 is 1.47 bits per heavy atom. The average molecular weight is 968 g/mol. The van der Waals surface area contributed by atoms with Crippen LogP contribution in [0, 0.1) is 35.8 Å². The lowest BCUT2D eigenvalue weighted by Crippen LogP contribution is -2.04. The topological polar surface area (TPSA) is 105 Å². The summed E-state index contributed by atoms with van der Waals surface area (Å²) in [5.74, 6) is 1.53. The Morgan fingerprint density at radius 2 is 0.868 bits per heavy atom. The van der Waals surface area contributed by atoms with Crippen LogP contribution in [0.3, 0.4) is 0 Å². The number of benzene rings is 10. The van der Waals surface area contributed by atoms with Crippen molar-refractivity contribution in [3.63, 3.8) is 0 Å². The summed E-state index contributed by atoms with van der Waals surface area (Å²) in [7, 11) is 0. The second kappa shape index (κ2) is 18.4. The molecular formula is C67H37N9. The molecule has 0 aliphatic carbocycles. The van der Waals surface area contributed by atoms with Crippen LogP contribution in [0.5, 0.6) is 0 Å². The molecule has 0 spiro atoms. The van der Waals surface area contributed by atoms with Crippen molar-refractivity contribution >= 4 is 55.0 Å². The normalized spacial score (nSPS) is 11.1. The summed E-state index contributed by atoms with van der Waals surface area (Å²) in [6.07, 6.45) is 0. The van der Waals surface area contributed by atoms with Gasteiger partial charge in [0.15, 0.2) is 28.8 Å². The van der Waals surface area contributed by atoms with Crippen LogP contribution in [-0.2, 0) is 0 Å². The van der Waals surface area contributed by atoms with Crippen LogP contribution < -0.4 is 0 Å². The van der Waals surface area contributed by atoms with Gasteiger partial charge in [-0.1, -0.05) is 152 Å². The minimum atomic E-state index is 0.374. The maximum Gasteiger partial charge on any atom is 0.196 e. The number of nitriles is 2. The SMILES string of the molecule is [C-]#[N+]c1ccc(-c2ccc3c(c2)c2cc(-c4ccc(C#N)cc4[N+]#[C-])ccc2n3-c2ccc(-c3ccccc3-n3c4ccccc4c4ccccc43)cc2-c2nc(-c3ccccc3)nc(-c3ccccc3)n2)c(C#N)c1. The highest BCUT2D eigenvalue weighted by Crippen LogP contribution is 2.44. The first-order chi connectivity index (χ1) is 37.5.